The van der Waals surface area contributed by atoms with Gasteiger partial charge in [-0.2, -0.15) is 0 Å². The van der Waals surface area contributed by atoms with Gasteiger partial charge in [0.2, 0.25) is 0 Å². The van der Waals surface area contributed by atoms with Gasteiger partial charge in [-0.1, -0.05) is 0 Å². The zero-order valence-electron chi connectivity index (χ0n) is 9.47. The molecule has 1 aromatic carbocycles. The largest absolute Gasteiger partial charge is 0.497 e. The summed E-state index contributed by atoms with van der Waals surface area (Å²) in [5.41, 5.74) is -0.136. The number of carbonyl (C=O) groups excluding carboxylic acids is 2. The maximum atomic E-state index is 11.6. The monoisotopic (exact) mass is 250 g/mol. The van der Waals surface area contributed by atoms with Gasteiger partial charge in [0.1, 0.15) is 5.75 Å². The van der Waals surface area contributed by atoms with Crippen molar-refractivity contribution >= 4 is 23.6 Å². The van der Waals surface area contributed by atoms with E-state index in [1.165, 1.54) is 25.3 Å². The third-order valence-corrected chi connectivity index (χ3v) is 2.52. The third kappa shape index (κ3) is 1.86. The number of hydrogen-bond acceptors (Lipinski definition) is 4. The van der Waals surface area contributed by atoms with Crippen molar-refractivity contribution in [3.05, 3.63) is 23.8 Å². The van der Waals surface area contributed by atoms with Crippen LogP contribution in [-0.2, 0) is 4.79 Å². The van der Waals surface area contributed by atoms with Gasteiger partial charge in [0.15, 0.2) is 0 Å². The molecule has 1 aliphatic rings. The van der Waals surface area contributed by atoms with Crippen molar-refractivity contribution in [2.24, 2.45) is 0 Å². The first kappa shape index (κ1) is 11.9. The number of hydrogen-bond donors (Lipinski definition) is 2. The Morgan fingerprint density at radius 3 is 2.67 bits per heavy atom. The number of urea groups is 1. The van der Waals surface area contributed by atoms with E-state index < -0.39 is 17.9 Å². The Morgan fingerprint density at radius 2 is 2.17 bits per heavy atom. The first-order valence-corrected chi connectivity index (χ1v) is 5.06. The van der Waals surface area contributed by atoms with Crippen LogP contribution in [0.2, 0.25) is 0 Å². The van der Waals surface area contributed by atoms with Crippen molar-refractivity contribution in [1.29, 1.82) is 0 Å². The molecule has 2 N–H and O–H groups in total. The molecule has 2 rings (SSSR count). The van der Waals surface area contributed by atoms with E-state index in [4.69, 9.17) is 9.84 Å². The maximum absolute atomic E-state index is 11.6. The Labute approximate surface area is 102 Å². The van der Waals surface area contributed by atoms with Crippen molar-refractivity contribution in [2.75, 3.05) is 18.6 Å². The summed E-state index contributed by atoms with van der Waals surface area (Å²) in [4.78, 5) is 35.0. The highest BCUT2D eigenvalue weighted by molar-refractivity contribution is 6.21. The quantitative estimate of drug-likeness (QED) is 0.759. The van der Waals surface area contributed by atoms with Crippen molar-refractivity contribution in [2.45, 2.75) is 0 Å². The molecule has 0 unspecified atom stereocenters. The fourth-order valence-corrected chi connectivity index (χ4v) is 1.67. The molecule has 1 fully saturated rings. The highest BCUT2D eigenvalue weighted by atomic mass is 16.5. The van der Waals surface area contributed by atoms with Crippen molar-refractivity contribution in [3.63, 3.8) is 0 Å². The standard InChI is InChI=1S/C11H10N2O5/c1-18-6-2-3-7(10(15)16)8(4-6)13-9(14)5-12-11(13)17/h2-4H,5H2,1H3,(H,12,17)(H,15,16). The van der Waals surface area contributed by atoms with Gasteiger partial charge in [-0.3, -0.25) is 4.79 Å². The minimum atomic E-state index is -1.22. The van der Waals surface area contributed by atoms with E-state index in [1.54, 1.807) is 0 Å². The zero-order valence-corrected chi connectivity index (χ0v) is 9.47. The molecule has 1 aromatic rings. The Bertz CT molecular complexity index is 524. The molecule has 0 aromatic heterocycles. The molecule has 18 heavy (non-hydrogen) atoms. The minimum absolute atomic E-state index is 0.00171. The van der Waals surface area contributed by atoms with Crippen LogP contribution in [0.1, 0.15) is 10.4 Å². The third-order valence-electron chi connectivity index (χ3n) is 2.52. The number of ether oxygens (including phenoxy) is 1. The molecule has 1 saturated heterocycles. The number of rotatable bonds is 3. The maximum Gasteiger partial charge on any atom is 0.337 e. The molecule has 0 saturated carbocycles. The van der Waals surface area contributed by atoms with E-state index in [1.807, 2.05) is 0 Å². The summed E-state index contributed by atoms with van der Waals surface area (Å²) < 4.78 is 4.96. The van der Waals surface area contributed by atoms with Crippen LogP contribution in [0.4, 0.5) is 10.5 Å². The first-order valence-electron chi connectivity index (χ1n) is 5.06. The molecule has 3 amide bonds. The van der Waals surface area contributed by atoms with Gasteiger partial charge in [0.05, 0.1) is 24.9 Å². The van der Waals surface area contributed by atoms with Crippen LogP contribution in [0.5, 0.6) is 5.75 Å². The Hall–Kier alpha value is -2.57. The van der Waals surface area contributed by atoms with Gasteiger partial charge in [-0.05, 0) is 12.1 Å². The van der Waals surface area contributed by atoms with E-state index in [0.29, 0.717) is 5.75 Å². The number of nitrogens with one attached hydrogen (secondary N) is 1. The summed E-state index contributed by atoms with van der Waals surface area (Å²) in [5, 5.41) is 11.4. The van der Waals surface area contributed by atoms with Crippen molar-refractivity contribution < 1.29 is 24.2 Å². The second kappa shape index (κ2) is 4.36. The topological polar surface area (TPSA) is 95.9 Å². The average Bonchev–Trinajstić information content (AvgIpc) is 2.68. The number of benzene rings is 1. The smallest absolute Gasteiger partial charge is 0.337 e. The Kier molecular flexibility index (Phi) is 2.88. The fraction of sp³-hybridized carbons (Fsp3) is 0.182. The van der Waals surface area contributed by atoms with E-state index in [0.717, 1.165) is 4.90 Å². The highest BCUT2D eigenvalue weighted by Crippen LogP contribution is 2.27. The van der Waals surface area contributed by atoms with E-state index >= 15 is 0 Å². The van der Waals surface area contributed by atoms with Crippen LogP contribution in [-0.4, -0.2) is 36.7 Å². The molecule has 94 valence electrons. The molecule has 0 atom stereocenters. The van der Waals surface area contributed by atoms with Gasteiger partial charge in [-0.15, -0.1) is 0 Å². The summed E-state index contributed by atoms with van der Waals surface area (Å²) in [5.74, 6) is -1.36. The lowest BCUT2D eigenvalue weighted by Gasteiger charge is -2.16. The molecular weight excluding hydrogens is 240 g/mol. The lowest BCUT2D eigenvalue weighted by molar-refractivity contribution is -0.115. The number of aromatic carboxylic acids is 1. The van der Waals surface area contributed by atoms with Gasteiger partial charge in [0.25, 0.3) is 5.91 Å². The van der Waals surface area contributed by atoms with Crippen LogP contribution in [0.25, 0.3) is 0 Å². The predicted molar refractivity (Wildman–Crippen MR) is 60.8 cm³/mol. The molecule has 0 radical (unpaired) electrons. The predicted octanol–water partition coefficient (Wildman–Crippen LogP) is 0.450. The Morgan fingerprint density at radius 1 is 1.44 bits per heavy atom. The second-order valence-corrected chi connectivity index (χ2v) is 3.58. The summed E-state index contributed by atoms with van der Waals surface area (Å²) in [6, 6.07) is 3.43. The SMILES string of the molecule is COc1ccc(C(=O)O)c(N2C(=O)CNC2=O)c1. The average molecular weight is 250 g/mol. The lowest BCUT2D eigenvalue weighted by Crippen LogP contribution is -2.32. The van der Waals surface area contributed by atoms with E-state index in [9.17, 15) is 14.4 Å². The van der Waals surface area contributed by atoms with E-state index in [2.05, 4.69) is 5.32 Å². The van der Waals surface area contributed by atoms with Gasteiger partial charge < -0.3 is 15.2 Å². The van der Waals surface area contributed by atoms with Crippen LogP contribution in [0.15, 0.2) is 18.2 Å². The normalized spacial score (nSPS) is 14.6. The zero-order chi connectivity index (χ0) is 13.3. The van der Waals surface area contributed by atoms with Crippen LogP contribution in [0, 0.1) is 0 Å². The Balaban J connectivity index is 2.56. The molecular formula is C11H10N2O5. The van der Waals surface area contributed by atoms with E-state index in [-0.39, 0.29) is 17.8 Å². The molecule has 7 heteroatoms. The summed E-state index contributed by atoms with van der Waals surface area (Å²) >= 11 is 0. The molecule has 7 nitrogen and oxygen atoms in total. The number of amides is 3. The van der Waals surface area contributed by atoms with Crippen molar-refractivity contribution in [3.8, 4) is 5.75 Å². The molecule has 0 spiro atoms. The van der Waals surface area contributed by atoms with Crippen LogP contribution < -0.4 is 15.0 Å². The first-order chi connectivity index (χ1) is 8.54. The summed E-state index contributed by atoms with van der Waals surface area (Å²) in [6.45, 7) is -0.144. The second-order valence-electron chi connectivity index (χ2n) is 3.58. The number of nitrogens with zero attached hydrogens (tertiary/aromatic N) is 1. The number of imide groups is 1. The van der Waals surface area contributed by atoms with Gasteiger partial charge >= 0.3 is 12.0 Å². The summed E-state index contributed by atoms with van der Waals surface area (Å²) in [7, 11) is 1.41. The van der Waals surface area contributed by atoms with Gasteiger partial charge in [-0.25, -0.2) is 14.5 Å². The number of anilines is 1. The molecule has 0 aliphatic carbocycles. The number of methoxy groups -OCH3 is 1. The van der Waals surface area contributed by atoms with Crippen LogP contribution in [0.3, 0.4) is 0 Å². The highest BCUT2D eigenvalue weighted by Gasteiger charge is 2.33. The number of carbonyl (C=O) groups is 3. The molecule has 1 aliphatic heterocycles. The van der Waals surface area contributed by atoms with Crippen LogP contribution >= 0.6 is 0 Å². The lowest BCUT2D eigenvalue weighted by atomic mass is 10.1. The minimum Gasteiger partial charge on any atom is -0.497 e. The van der Waals surface area contributed by atoms with Crippen molar-refractivity contribution in [1.82, 2.24) is 5.32 Å². The molecule has 1 heterocycles. The molecule has 0 bridgehead atoms. The van der Waals surface area contributed by atoms with Gasteiger partial charge in [0, 0.05) is 6.07 Å². The summed E-state index contributed by atoms with van der Waals surface area (Å²) in [6.07, 6.45) is 0. The number of carboxylic acids is 1. The number of carboxylic acid groups (broad SMARTS) is 1. The fourth-order valence-electron chi connectivity index (χ4n) is 1.67.